The van der Waals surface area contributed by atoms with Crippen molar-refractivity contribution in [3.05, 3.63) is 29.6 Å². The predicted octanol–water partition coefficient (Wildman–Crippen LogP) is 3.54. The van der Waals surface area contributed by atoms with Crippen molar-refractivity contribution in [1.82, 2.24) is 10.6 Å². The minimum absolute atomic E-state index is 0. The average Bonchev–Trinajstić information content (AvgIpc) is 2.61. The van der Waals surface area contributed by atoms with E-state index in [2.05, 4.69) is 15.6 Å². The molecule has 1 saturated carbocycles. The second-order valence-corrected chi connectivity index (χ2v) is 6.87. The Hall–Kier alpha value is -1.09. The lowest BCUT2D eigenvalue weighted by molar-refractivity contribution is 0.131. The number of nitrogens with zero attached hydrogens (tertiary/aromatic N) is 1. The Morgan fingerprint density at radius 1 is 1.23 bits per heavy atom. The van der Waals surface area contributed by atoms with Crippen LogP contribution in [-0.2, 0) is 6.54 Å². The first-order valence-electron chi connectivity index (χ1n) is 9.19. The van der Waals surface area contributed by atoms with Crippen molar-refractivity contribution >= 4 is 29.9 Å². The molecule has 0 unspecified atom stereocenters. The highest BCUT2D eigenvalue weighted by atomic mass is 127. The Balaban J connectivity index is 0.00000338. The van der Waals surface area contributed by atoms with Gasteiger partial charge in [-0.1, -0.05) is 25.3 Å². The molecule has 1 aromatic rings. The third-order valence-electron chi connectivity index (χ3n) is 4.96. The van der Waals surface area contributed by atoms with Gasteiger partial charge in [-0.25, -0.2) is 9.38 Å². The van der Waals surface area contributed by atoms with Gasteiger partial charge < -0.3 is 20.8 Å². The van der Waals surface area contributed by atoms with Gasteiger partial charge in [-0.05, 0) is 49.3 Å². The lowest BCUT2D eigenvalue weighted by Crippen LogP contribution is -2.44. The number of hydrogen-bond acceptors (Lipinski definition) is 3. The van der Waals surface area contributed by atoms with E-state index in [1.165, 1.54) is 31.4 Å². The van der Waals surface area contributed by atoms with E-state index in [4.69, 9.17) is 0 Å². The molecule has 1 aliphatic rings. The third kappa shape index (κ3) is 6.90. The van der Waals surface area contributed by atoms with Crippen LogP contribution in [0, 0.1) is 11.2 Å². The van der Waals surface area contributed by atoms with Crippen molar-refractivity contribution in [3.8, 4) is 5.75 Å². The predicted molar refractivity (Wildman–Crippen MR) is 114 cm³/mol. The molecule has 0 bridgehead atoms. The topological polar surface area (TPSA) is 76.9 Å². The first-order chi connectivity index (χ1) is 12.1. The second-order valence-electron chi connectivity index (χ2n) is 6.87. The molecule has 1 fully saturated rings. The Kier molecular flexibility index (Phi) is 10.2. The van der Waals surface area contributed by atoms with Gasteiger partial charge in [0.2, 0.25) is 0 Å². The van der Waals surface area contributed by atoms with Crippen LogP contribution in [0.3, 0.4) is 0 Å². The number of aliphatic hydroxyl groups excluding tert-OH is 1. The van der Waals surface area contributed by atoms with E-state index in [1.54, 1.807) is 6.07 Å². The summed E-state index contributed by atoms with van der Waals surface area (Å²) in [4.78, 5) is 4.51. The summed E-state index contributed by atoms with van der Waals surface area (Å²) in [5.74, 6) is -0.283. The molecule has 7 heteroatoms. The van der Waals surface area contributed by atoms with Crippen LogP contribution in [0.4, 0.5) is 4.39 Å². The highest BCUT2D eigenvalue weighted by Crippen LogP contribution is 2.38. The molecule has 0 atom stereocenters. The van der Waals surface area contributed by atoms with Crippen LogP contribution in [0.5, 0.6) is 5.75 Å². The zero-order chi connectivity index (χ0) is 18.1. The number of benzene rings is 1. The zero-order valence-electron chi connectivity index (χ0n) is 15.4. The molecular formula is C19H31FIN3O2. The molecule has 26 heavy (non-hydrogen) atoms. The van der Waals surface area contributed by atoms with E-state index in [1.807, 2.05) is 6.92 Å². The molecule has 0 heterocycles. The number of nitrogens with one attached hydrogen (secondary N) is 2. The largest absolute Gasteiger partial charge is 0.505 e. The smallest absolute Gasteiger partial charge is 0.191 e. The molecule has 4 N–H and O–H groups in total. The first kappa shape index (κ1) is 23.0. The second kappa shape index (κ2) is 11.6. The van der Waals surface area contributed by atoms with Crippen LogP contribution in [0.1, 0.15) is 51.0 Å². The van der Waals surface area contributed by atoms with Gasteiger partial charge in [0, 0.05) is 19.7 Å². The number of phenolic OH excluding ortho intramolecular Hbond substituents is 1. The summed E-state index contributed by atoms with van der Waals surface area (Å²) in [6.07, 6.45) is 6.76. The normalized spacial score (nSPS) is 16.7. The van der Waals surface area contributed by atoms with Crippen LogP contribution in [0.15, 0.2) is 23.2 Å². The average molecular weight is 479 g/mol. The molecular weight excluding hydrogens is 448 g/mol. The van der Waals surface area contributed by atoms with Crippen molar-refractivity contribution in [2.24, 2.45) is 10.4 Å². The number of aromatic hydroxyl groups is 1. The minimum Gasteiger partial charge on any atom is -0.505 e. The van der Waals surface area contributed by atoms with E-state index < -0.39 is 5.82 Å². The zero-order valence-corrected chi connectivity index (χ0v) is 17.8. The summed E-state index contributed by atoms with van der Waals surface area (Å²) in [5.41, 5.74) is 0.837. The number of rotatable bonds is 7. The Labute approximate surface area is 172 Å². The highest BCUT2D eigenvalue weighted by molar-refractivity contribution is 14.0. The highest BCUT2D eigenvalue weighted by Gasteiger charge is 2.31. The Bertz CT molecular complexity index is 572. The third-order valence-corrected chi connectivity index (χ3v) is 4.96. The maximum absolute atomic E-state index is 13.4. The van der Waals surface area contributed by atoms with Crippen LogP contribution in [0.25, 0.3) is 0 Å². The lowest BCUT2D eigenvalue weighted by Gasteiger charge is -2.37. The van der Waals surface area contributed by atoms with Gasteiger partial charge in [0.15, 0.2) is 17.5 Å². The SMILES string of the molecule is CCNC(=NCc1ccc(O)c(F)c1)NCC1(CCO)CCCCC1.I. The molecule has 1 aromatic carbocycles. The van der Waals surface area contributed by atoms with Crippen LogP contribution in [-0.4, -0.2) is 35.9 Å². The van der Waals surface area contributed by atoms with Crippen molar-refractivity contribution in [2.45, 2.75) is 52.0 Å². The summed E-state index contributed by atoms with van der Waals surface area (Å²) in [6, 6.07) is 4.31. The molecule has 1 aliphatic carbocycles. The molecule has 0 spiro atoms. The monoisotopic (exact) mass is 479 g/mol. The molecule has 0 radical (unpaired) electrons. The van der Waals surface area contributed by atoms with Gasteiger partial charge >= 0.3 is 0 Å². The van der Waals surface area contributed by atoms with E-state index >= 15 is 0 Å². The Morgan fingerprint density at radius 2 is 1.96 bits per heavy atom. The van der Waals surface area contributed by atoms with Crippen molar-refractivity contribution < 1.29 is 14.6 Å². The van der Waals surface area contributed by atoms with Gasteiger partial charge in [0.1, 0.15) is 0 Å². The summed E-state index contributed by atoms with van der Waals surface area (Å²) in [7, 11) is 0. The number of phenols is 1. The van der Waals surface area contributed by atoms with Gasteiger partial charge in [-0.15, -0.1) is 24.0 Å². The van der Waals surface area contributed by atoms with Gasteiger partial charge in [-0.3, -0.25) is 0 Å². The standard InChI is InChI=1S/C19H30FN3O2.HI/c1-2-21-18(22-13-15-6-7-17(25)16(20)12-15)23-14-19(10-11-24)8-4-3-5-9-19;/h6-7,12,24-25H,2-5,8-11,13-14H2,1H3,(H2,21,22,23);1H. The Morgan fingerprint density at radius 3 is 2.58 bits per heavy atom. The fraction of sp³-hybridized carbons (Fsp3) is 0.632. The molecule has 0 aliphatic heterocycles. The van der Waals surface area contributed by atoms with Gasteiger partial charge in [-0.2, -0.15) is 0 Å². The van der Waals surface area contributed by atoms with Gasteiger partial charge in [0.25, 0.3) is 0 Å². The number of aliphatic hydroxyl groups is 1. The van der Waals surface area contributed by atoms with E-state index in [9.17, 15) is 14.6 Å². The maximum atomic E-state index is 13.4. The van der Waals surface area contributed by atoms with E-state index in [-0.39, 0.29) is 41.7 Å². The molecule has 0 amide bonds. The minimum atomic E-state index is -0.630. The maximum Gasteiger partial charge on any atom is 0.191 e. The fourth-order valence-electron chi connectivity index (χ4n) is 3.49. The van der Waals surface area contributed by atoms with E-state index in [0.717, 1.165) is 32.4 Å². The lowest BCUT2D eigenvalue weighted by atomic mass is 9.72. The van der Waals surface area contributed by atoms with Crippen LogP contribution in [0.2, 0.25) is 0 Å². The van der Waals surface area contributed by atoms with Crippen molar-refractivity contribution in [1.29, 1.82) is 0 Å². The van der Waals surface area contributed by atoms with Crippen molar-refractivity contribution in [2.75, 3.05) is 19.7 Å². The van der Waals surface area contributed by atoms with Gasteiger partial charge in [0.05, 0.1) is 6.54 Å². The fourth-order valence-corrected chi connectivity index (χ4v) is 3.49. The quantitative estimate of drug-likeness (QED) is 0.274. The number of aliphatic imine (C=N–C) groups is 1. The summed E-state index contributed by atoms with van der Waals surface area (Å²) >= 11 is 0. The van der Waals surface area contributed by atoms with Crippen LogP contribution >= 0.6 is 24.0 Å². The number of halogens is 2. The molecule has 148 valence electrons. The summed E-state index contributed by atoms with van der Waals surface area (Å²) < 4.78 is 13.4. The summed E-state index contributed by atoms with van der Waals surface area (Å²) in [5, 5.41) is 25.3. The van der Waals surface area contributed by atoms with Crippen molar-refractivity contribution in [3.63, 3.8) is 0 Å². The molecule has 5 nitrogen and oxygen atoms in total. The molecule has 0 aromatic heterocycles. The van der Waals surface area contributed by atoms with Crippen LogP contribution < -0.4 is 10.6 Å². The first-order valence-corrected chi connectivity index (χ1v) is 9.19. The molecule has 2 rings (SSSR count). The molecule has 0 saturated heterocycles. The number of guanidine groups is 1. The number of hydrogen-bond donors (Lipinski definition) is 4. The van der Waals surface area contributed by atoms with E-state index in [0.29, 0.717) is 18.1 Å². The summed E-state index contributed by atoms with van der Waals surface area (Å²) in [6.45, 7) is 4.06.